The Labute approximate surface area is 144 Å². The maximum Gasteiger partial charge on any atom is 0.262 e. The van der Waals surface area contributed by atoms with Gasteiger partial charge in [0, 0.05) is 11.8 Å². The molecule has 0 atom stereocenters. The number of anilines is 1. The van der Waals surface area contributed by atoms with Crippen molar-refractivity contribution in [3.63, 3.8) is 0 Å². The molecular formula is C20H16F2N2O. The summed E-state index contributed by atoms with van der Waals surface area (Å²) in [7, 11) is 0. The Morgan fingerprint density at radius 2 is 1.72 bits per heavy atom. The summed E-state index contributed by atoms with van der Waals surface area (Å²) >= 11 is 0. The van der Waals surface area contributed by atoms with E-state index in [9.17, 15) is 13.6 Å². The lowest BCUT2D eigenvalue weighted by molar-refractivity contribution is 0.101. The third-order valence-electron chi connectivity index (χ3n) is 3.90. The molecule has 126 valence electrons. The minimum atomic E-state index is -0.912. The van der Waals surface area contributed by atoms with E-state index in [0.29, 0.717) is 0 Å². The van der Waals surface area contributed by atoms with Crippen molar-refractivity contribution in [2.75, 3.05) is 5.32 Å². The van der Waals surface area contributed by atoms with E-state index in [0.717, 1.165) is 34.4 Å². The van der Waals surface area contributed by atoms with Gasteiger partial charge >= 0.3 is 0 Å². The molecule has 1 N–H and O–H groups in total. The molecule has 25 heavy (non-hydrogen) atoms. The molecule has 3 rings (SSSR count). The molecule has 1 aromatic heterocycles. The molecule has 2 aromatic carbocycles. The highest BCUT2D eigenvalue weighted by molar-refractivity contribution is 6.04. The molecule has 1 heterocycles. The van der Waals surface area contributed by atoms with Crippen LogP contribution in [0.3, 0.4) is 0 Å². The number of carbonyl (C=O) groups excluding carboxylic acids is 1. The number of nitrogens with zero attached hydrogens (tertiary/aromatic N) is 1. The summed E-state index contributed by atoms with van der Waals surface area (Å²) in [5, 5.41) is 2.41. The molecule has 0 unspecified atom stereocenters. The third-order valence-corrected chi connectivity index (χ3v) is 3.90. The van der Waals surface area contributed by atoms with E-state index in [-0.39, 0.29) is 5.82 Å². The molecule has 0 spiro atoms. The number of carbonyl (C=O) groups is 1. The Morgan fingerprint density at radius 1 is 1.00 bits per heavy atom. The SMILES string of the molecule is Cc1ccc(C)c(-c2ccc(NC(=O)c3c(F)cccc3F)nc2)c1. The van der Waals surface area contributed by atoms with Crippen molar-refractivity contribution >= 4 is 11.7 Å². The third kappa shape index (κ3) is 3.55. The predicted molar refractivity (Wildman–Crippen MR) is 93.5 cm³/mol. The summed E-state index contributed by atoms with van der Waals surface area (Å²) in [5.41, 5.74) is 3.57. The van der Waals surface area contributed by atoms with Crippen molar-refractivity contribution in [2.45, 2.75) is 13.8 Å². The van der Waals surface area contributed by atoms with Gasteiger partial charge in [0.1, 0.15) is 23.0 Å². The van der Waals surface area contributed by atoms with Crippen molar-refractivity contribution in [3.05, 3.63) is 83.1 Å². The van der Waals surface area contributed by atoms with Crippen LogP contribution < -0.4 is 5.32 Å². The first-order valence-electron chi connectivity index (χ1n) is 7.75. The predicted octanol–water partition coefficient (Wildman–Crippen LogP) is 4.90. The smallest absolute Gasteiger partial charge is 0.262 e. The molecule has 3 nitrogen and oxygen atoms in total. The Bertz CT molecular complexity index is 917. The quantitative estimate of drug-likeness (QED) is 0.738. The Hall–Kier alpha value is -3.08. The highest BCUT2D eigenvalue weighted by Crippen LogP contribution is 2.25. The summed E-state index contributed by atoms with van der Waals surface area (Å²) in [6, 6.07) is 12.8. The fourth-order valence-corrected chi connectivity index (χ4v) is 2.57. The molecule has 5 heteroatoms. The van der Waals surface area contributed by atoms with Crippen LogP contribution in [0.1, 0.15) is 21.5 Å². The van der Waals surface area contributed by atoms with E-state index < -0.39 is 23.1 Å². The van der Waals surface area contributed by atoms with Crippen molar-refractivity contribution in [3.8, 4) is 11.1 Å². The molecule has 0 aliphatic heterocycles. The first-order chi connectivity index (χ1) is 12.0. The maximum atomic E-state index is 13.7. The number of hydrogen-bond acceptors (Lipinski definition) is 2. The molecule has 0 saturated carbocycles. The molecule has 0 bridgehead atoms. The van der Waals surface area contributed by atoms with Gasteiger partial charge < -0.3 is 5.32 Å². The fourth-order valence-electron chi connectivity index (χ4n) is 2.57. The Morgan fingerprint density at radius 3 is 2.36 bits per heavy atom. The zero-order chi connectivity index (χ0) is 18.0. The molecule has 0 fully saturated rings. The largest absolute Gasteiger partial charge is 0.306 e. The summed E-state index contributed by atoms with van der Waals surface area (Å²) in [6.45, 7) is 4.01. The second kappa shape index (κ2) is 6.81. The number of pyridine rings is 1. The Balaban J connectivity index is 1.84. The average Bonchev–Trinajstić information content (AvgIpc) is 2.58. The standard InChI is InChI=1S/C20H16F2N2O/c1-12-6-7-13(2)15(10-12)14-8-9-18(23-11-14)24-20(25)19-16(21)4-3-5-17(19)22/h3-11H,1-2H3,(H,23,24,25). The van der Waals surface area contributed by atoms with Crippen molar-refractivity contribution in [1.82, 2.24) is 4.98 Å². The average molecular weight is 338 g/mol. The van der Waals surface area contributed by atoms with E-state index in [1.165, 1.54) is 6.07 Å². The number of amides is 1. The summed E-state index contributed by atoms with van der Waals surface area (Å²) < 4.78 is 27.3. The van der Waals surface area contributed by atoms with Crippen LogP contribution >= 0.6 is 0 Å². The molecular weight excluding hydrogens is 322 g/mol. The minimum absolute atomic E-state index is 0.224. The van der Waals surface area contributed by atoms with Gasteiger partial charge in [-0.25, -0.2) is 13.8 Å². The lowest BCUT2D eigenvalue weighted by Gasteiger charge is -2.09. The van der Waals surface area contributed by atoms with Crippen molar-refractivity contribution in [1.29, 1.82) is 0 Å². The van der Waals surface area contributed by atoms with Crippen LogP contribution in [-0.2, 0) is 0 Å². The summed E-state index contributed by atoms with van der Waals surface area (Å²) in [6.07, 6.45) is 1.62. The first kappa shape index (κ1) is 16.8. The zero-order valence-corrected chi connectivity index (χ0v) is 13.8. The fraction of sp³-hybridized carbons (Fsp3) is 0.100. The first-order valence-corrected chi connectivity index (χ1v) is 7.75. The minimum Gasteiger partial charge on any atom is -0.306 e. The summed E-state index contributed by atoms with van der Waals surface area (Å²) in [5.74, 6) is -2.47. The number of nitrogens with one attached hydrogen (secondary N) is 1. The van der Waals surface area contributed by atoms with Crippen molar-refractivity contribution in [2.24, 2.45) is 0 Å². The number of benzene rings is 2. The van der Waals surface area contributed by atoms with Crippen LogP contribution in [0.4, 0.5) is 14.6 Å². The van der Waals surface area contributed by atoms with Crippen LogP contribution in [0, 0.1) is 25.5 Å². The van der Waals surface area contributed by atoms with Crippen LogP contribution in [0.25, 0.3) is 11.1 Å². The normalized spacial score (nSPS) is 10.6. The van der Waals surface area contributed by atoms with Crippen LogP contribution in [0.5, 0.6) is 0 Å². The molecule has 0 radical (unpaired) electrons. The molecule has 0 aliphatic carbocycles. The number of halogens is 2. The van der Waals surface area contributed by atoms with Gasteiger partial charge in [-0.2, -0.15) is 0 Å². The second-order valence-electron chi connectivity index (χ2n) is 5.80. The van der Waals surface area contributed by atoms with Gasteiger partial charge in [0.15, 0.2) is 0 Å². The highest BCUT2D eigenvalue weighted by atomic mass is 19.1. The summed E-state index contributed by atoms with van der Waals surface area (Å²) in [4.78, 5) is 16.3. The van der Waals surface area contributed by atoms with Gasteiger partial charge in [-0.05, 0) is 49.2 Å². The van der Waals surface area contributed by atoms with Gasteiger partial charge in [-0.3, -0.25) is 4.79 Å². The van der Waals surface area contributed by atoms with Gasteiger partial charge in [-0.15, -0.1) is 0 Å². The monoisotopic (exact) mass is 338 g/mol. The van der Waals surface area contributed by atoms with E-state index in [4.69, 9.17) is 0 Å². The molecule has 0 saturated heterocycles. The Kier molecular flexibility index (Phi) is 4.57. The number of aryl methyl sites for hydroxylation is 2. The molecule has 0 aliphatic rings. The topological polar surface area (TPSA) is 42.0 Å². The van der Waals surface area contributed by atoms with Gasteiger partial charge in [0.2, 0.25) is 0 Å². The van der Waals surface area contributed by atoms with Gasteiger partial charge in [0.05, 0.1) is 0 Å². The van der Waals surface area contributed by atoms with Gasteiger partial charge in [0.25, 0.3) is 5.91 Å². The lowest BCUT2D eigenvalue weighted by Crippen LogP contribution is -2.16. The number of aromatic nitrogens is 1. The maximum absolute atomic E-state index is 13.7. The van der Waals surface area contributed by atoms with E-state index in [1.54, 1.807) is 12.3 Å². The second-order valence-corrected chi connectivity index (χ2v) is 5.80. The molecule has 3 aromatic rings. The highest BCUT2D eigenvalue weighted by Gasteiger charge is 2.17. The van der Waals surface area contributed by atoms with E-state index >= 15 is 0 Å². The van der Waals surface area contributed by atoms with Crippen molar-refractivity contribution < 1.29 is 13.6 Å². The molecule has 1 amide bonds. The zero-order valence-electron chi connectivity index (χ0n) is 13.8. The van der Waals surface area contributed by atoms with Gasteiger partial charge in [-0.1, -0.05) is 29.8 Å². The lowest BCUT2D eigenvalue weighted by atomic mass is 10.00. The number of hydrogen-bond donors (Lipinski definition) is 1. The van der Waals surface area contributed by atoms with Crippen LogP contribution in [-0.4, -0.2) is 10.9 Å². The van der Waals surface area contributed by atoms with Crippen LogP contribution in [0.15, 0.2) is 54.7 Å². The van der Waals surface area contributed by atoms with Crippen LogP contribution in [0.2, 0.25) is 0 Å². The number of rotatable bonds is 3. The van der Waals surface area contributed by atoms with E-state index in [2.05, 4.69) is 16.4 Å². The van der Waals surface area contributed by atoms with E-state index in [1.807, 2.05) is 32.0 Å².